The SMILES string of the molecule is CC1(C)C(=O)Nc2ccc(NS(=O)(=O)c3cccc(C(=O)O)c3)cc21. The van der Waals surface area contributed by atoms with Gasteiger partial charge in [-0.3, -0.25) is 9.52 Å². The summed E-state index contributed by atoms with van der Waals surface area (Å²) in [5, 5.41) is 11.7. The van der Waals surface area contributed by atoms with Crippen LogP contribution in [0.1, 0.15) is 29.8 Å². The van der Waals surface area contributed by atoms with E-state index in [4.69, 9.17) is 5.11 Å². The van der Waals surface area contributed by atoms with Crippen LogP contribution in [-0.4, -0.2) is 25.4 Å². The number of carboxylic acid groups (broad SMARTS) is 1. The molecule has 3 rings (SSSR count). The maximum atomic E-state index is 12.5. The Kier molecular flexibility index (Phi) is 3.80. The van der Waals surface area contributed by atoms with Crippen molar-refractivity contribution in [2.75, 3.05) is 10.0 Å². The lowest BCUT2D eigenvalue weighted by Gasteiger charge is -2.16. The predicted molar refractivity (Wildman–Crippen MR) is 92.3 cm³/mol. The van der Waals surface area contributed by atoms with E-state index in [1.165, 1.54) is 18.2 Å². The molecule has 0 radical (unpaired) electrons. The fourth-order valence-electron chi connectivity index (χ4n) is 2.65. The van der Waals surface area contributed by atoms with Gasteiger partial charge in [0.15, 0.2) is 0 Å². The molecule has 2 aromatic carbocycles. The molecular weight excluding hydrogens is 344 g/mol. The van der Waals surface area contributed by atoms with E-state index in [2.05, 4.69) is 10.0 Å². The van der Waals surface area contributed by atoms with E-state index < -0.39 is 21.4 Å². The van der Waals surface area contributed by atoms with Gasteiger partial charge in [-0.05, 0) is 55.8 Å². The topological polar surface area (TPSA) is 113 Å². The molecule has 8 heteroatoms. The molecule has 3 N–H and O–H groups in total. The molecule has 1 aliphatic heterocycles. The quantitative estimate of drug-likeness (QED) is 0.775. The highest BCUT2D eigenvalue weighted by atomic mass is 32.2. The van der Waals surface area contributed by atoms with Gasteiger partial charge in [0.05, 0.1) is 15.9 Å². The molecule has 130 valence electrons. The summed E-state index contributed by atoms with van der Waals surface area (Å²) in [6, 6.07) is 9.87. The first-order valence-corrected chi connectivity index (χ1v) is 8.92. The molecular formula is C17H16N2O5S. The number of fused-ring (bicyclic) bond motifs is 1. The zero-order chi connectivity index (χ0) is 18.4. The maximum Gasteiger partial charge on any atom is 0.335 e. The summed E-state index contributed by atoms with van der Waals surface area (Å²) in [6.07, 6.45) is 0. The van der Waals surface area contributed by atoms with Crippen LogP contribution in [0.3, 0.4) is 0 Å². The van der Waals surface area contributed by atoms with E-state index in [0.29, 0.717) is 16.9 Å². The van der Waals surface area contributed by atoms with Gasteiger partial charge in [-0.15, -0.1) is 0 Å². The molecule has 0 spiro atoms. The molecule has 0 unspecified atom stereocenters. The Labute approximate surface area is 144 Å². The second kappa shape index (κ2) is 5.59. The maximum absolute atomic E-state index is 12.5. The van der Waals surface area contributed by atoms with Crippen LogP contribution in [-0.2, 0) is 20.2 Å². The first kappa shape index (κ1) is 17.0. The zero-order valence-corrected chi connectivity index (χ0v) is 14.3. The van der Waals surface area contributed by atoms with E-state index in [0.717, 1.165) is 6.07 Å². The number of nitrogens with one attached hydrogen (secondary N) is 2. The lowest BCUT2D eigenvalue weighted by molar-refractivity contribution is -0.119. The summed E-state index contributed by atoms with van der Waals surface area (Å²) < 4.78 is 27.5. The molecule has 0 bridgehead atoms. The molecule has 2 aromatic rings. The molecule has 0 aliphatic carbocycles. The summed E-state index contributed by atoms with van der Waals surface area (Å²) in [7, 11) is -3.96. The van der Waals surface area contributed by atoms with E-state index >= 15 is 0 Å². The van der Waals surface area contributed by atoms with Crippen molar-refractivity contribution >= 4 is 33.3 Å². The van der Waals surface area contributed by atoms with Gasteiger partial charge in [-0.1, -0.05) is 6.07 Å². The third kappa shape index (κ3) is 2.96. The first-order chi connectivity index (χ1) is 11.6. The molecule has 7 nitrogen and oxygen atoms in total. The van der Waals surface area contributed by atoms with Gasteiger partial charge < -0.3 is 10.4 Å². The number of carbonyl (C=O) groups excluding carboxylic acids is 1. The smallest absolute Gasteiger partial charge is 0.335 e. The van der Waals surface area contributed by atoms with Gasteiger partial charge in [-0.2, -0.15) is 0 Å². The van der Waals surface area contributed by atoms with E-state index in [1.54, 1.807) is 32.0 Å². The predicted octanol–water partition coefficient (Wildman–Crippen LogP) is 2.42. The highest BCUT2D eigenvalue weighted by Crippen LogP contribution is 2.39. The van der Waals surface area contributed by atoms with Crippen molar-refractivity contribution < 1.29 is 23.1 Å². The Balaban J connectivity index is 1.95. The molecule has 0 fully saturated rings. The first-order valence-electron chi connectivity index (χ1n) is 7.43. The second-order valence-corrected chi connectivity index (χ2v) is 7.96. The van der Waals surface area contributed by atoms with Crippen molar-refractivity contribution in [2.45, 2.75) is 24.2 Å². The summed E-state index contributed by atoms with van der Waals surface area (Å²) in [6.45, 7) is 3.51. The third-order valence-electron chi connectivity index (χ3n) is 4.15. The molecule has 0 atom stereocenters. The Bertz CT molecular complexity index is 996. The normalized spacial score (nSPS) is 15.4. The van der Waals surface area contributed by atoms with Crippen LogP contribution < -0.4 is 10.0 Å². The Morgan fingerprint density at radius 2 is 1.88 bits per heavy atom. The minimum Gasteiger partial charge on any atom is -0.478 e. The van der Waals surface area contributed by atoms with Crippen molar-refractivity contribution in [1.82, 2.24) is 0 Å². The number of anilines is 2. The van der Waals surface area contributed by atoms with Crippen LogP contribution in [0.5, 0.6) is 0 Å². The fraction of sp³-hybridized carbons (Fsp3) is 0.176. The fourth-order valence-corrected chi connectivity index (χ4v) is 3.74. The van der Waals surface area contributed by atoms with Gasteiger partial charge in [0.25, 0.3) is 10.0 Å². The summed E-state index contributed by atoms with van der Waals surface area (Å²) in [4.78, 5) is 22.8. The van der Waals surface area contributed by atoms with Crippen LogP contribution in [0, 0.1) is 0 Å². The highest BCUT2D eigenvalue weighted by Gasteiger charge is 2.38. The highest BCUT2D eigenvalue weighted by molar-refractivity contribution is 7.92. The largest absolute Gasteiger partial charge is 0.478 e. The number of benzene rings is 2. The average molecular weight is 360 g/mol. The third-order valence-corrected chi connectivity index (χ3v) is 5.53. The summed E-state index contributed by atoms with van der Waals surface area (Å²) in [5.74, 6) is -1.36. The van der Waals surface area contributed by atoms with Gasteiger partial charge in [0.1, 0.15) is 0 Å². The Morgan fingerprint density at radius 1 is 1.16 bits per heavy atom. The molecule has 1 aliphatic rings. The summed E-state index contributed by atoms with van der Waals surface area (Å²) >= 11 is 0. The Morgan fingerprint density at radius 3 is 2.56 bits per heavy atom. The van der Waals surface area contributed by atoms with E-state index in [9.17, 15) is 18.0 Å². The van der Waals surface area contributed by atoms with Crippen LogP contribution in [0.25, 0.3) is 0 Å². The van der Waals surface area contributed by atoms with Gasteiger partial charge in [-0.25, -0.2) is 13.2 Å². The standard InChI is InChI=1S/C17H16N2O5S/c1-17(2)13-9-11(6-7-14(13)18-16(17)22)19-25(23,24)12-5-3-4-10(8-12)15(20)21/h3-9,19H,1-2H3,(H,18,22)(H,20,21). The second-order valence-electron chi connectivity index (χ2n) is 6.28. The molecule has 0 saturated carbocycles. The van der Waals surface area contributed by atoms with Crippen LogP contribution in [0.2, 0.25) is 0 Å². The van der Waals surface area contributed by atoms with Gasteiger partial charge >= 0.3 is 5.97 Å². The summed E-state index contributed by atoms with van der Waals surface area (Å²) in [5.41, 5.74) is 0.750. The number of amides is 1. The minimum atomic E-state index is -3.96. The molecule has 1 amide bonds. The van der Waals surface area contributed by atoms with Crippen molar-refractivity contribution in [3.05, 3.63) is 53.6 Å². The molecule has 1 heterocycles. The van der Waals surface area contributed by atoms with Crippen molar-refractivity contribution in [3.8, 4) is 0 Å². The number of carbonyl (C=O) groups is 2. The zero-order valence-electron chi connectivity index (χ0n) is 13.5. The molecule has 0 saturated heterocycles. The van der Waals surface area contributed by atoms with E-state index in [1.807, 2.05) is 0 Å². The van der Waals surface area contributed by atoms with Crippen molar-refractivity contribution in [3.63, 3.8) is 0 Å². The van der Waals surface area contributed by atoms with Gasteiger partial charge in [0, 0.05) is 11.4 Å². The van der Waals surface area contributed by atoms with Crippen molar-refractivity contribution in [2.24, 2.45) is 0 Å². The number of hydrogen-bond acceptors (Lipinski definition) is 4. The van der Waals surface area contributed by atoms with Crippen LogP contribution in [0.15, 0.2) is 47.4 Å². The van der Waals surface area contributed by atoms with Crippen molar-refractivity contribution in [1.29, 1.82) is 0 Å². The number of aromatic carboxylic acids is 1. The lowest BCUT2D eigenvalue weighted by Crippen LogP contribution is -2.26. The molecule has 0 aromatic heterocycles. The van der Waals surface area contributed by atoms with Crippen LogP contribution in [0.4, 0.5) is 11.4 Å². The number of hydrogen-bond donors (Lipinski definition) is 3. The lowest BCUT2D eigenvalue weighted by atomic mass is 9.86. The number of sulfonamides is 1. The Hall–Kier alpha value is -2.87. The number of carboxylic acids is 1. The monoisotopic (exact) mass is 360 g/mol. The number of rotatable bonds is 4. The molecule has 25 heavy (non-hydrogen) atoms. The van der Waals surface area contributed by atoms with Crippen LogP contribution >= 0.6 is 0 Å². The van der Waals surface area contributed by atoms with Gasteiger partial charge in [0.2, 0.25) is 5.91 Å². The average Bonchev–Trinajstić information content (AvgIpc) is 2.77. The van der Waals surface area contributed by atoms with E-state index in [-0.39, 0.29) is 16.4 Å². The minimum absolute atomic E-state index is 0.118.